The molecule has 3 N–H and O–H groups in total. The van der Waals surface area contributed by atoms with Gasteiger partial charge in [0.15, 0.2) is 0 Å². The Morgan fingerprint density at radius 1 is 1.00 bits per heavy atom. The molecule has 1 saturated carbocycles. The SMILES string of the molecule is CCOC(=O)N1CCN(C(=O)CCC(=O)O)CC1.NC1CCCCC1. The van der Waals surface area contributed by atoms with Gasteiger partial charge in [0.2, 0.25) is 5.91 Å². The number of amides is 2. The van der Waals surface area contributed by atoms with Gasteiger partial charge in [0.05, 0.1) is 13.0 Å². The van der Waals surface area contributed by atoms with Crippen LogP contribution in [0.25, 0.3) is 0 Å². The Kier molecular flexibility index (Phi) is 9.91. The molecule has 2 amide bonds. The fraction of sp³-hybridized carbons (Fsp3) is 0.824. The van der Waals surface area contributed by atoms with Crippen molar-refractivity contribution in [2.24, 2.45) is 5.73 Å². The van der Waals surface area contributed by atoms with Crippen LogP contribution in [0.4, 0.5) is 4.79 Å². The van der Waals surface area contributed by atoms with Crippen molar-refractivity contribution in [1.82, 2.24) is 9.80 Å². The molecule has 2 aliphatic rings. The van der Waals surface area contributed by atoms with Crippen molar-refractivity contribution in [3.05, 3.63) is 0 Å². The number of carboxylic acid groups (broad SMARTS) is 1. The van der Waals surface area contributed by atoms with Gasteiger partial charge in [-0.1, -0.05) is 19.3 Å². The molecule has 8 heteroatoms. The molecule has 0 aromatic rings. The van der Waals surface area contributed by atoms with E-state index in [1.165, 1.54) is 32.1 Å². The Morgan fingerprint density at radius 3 is 2.00 bits per heavy atom. The molecule has 2 rings (SSSR count). The largest absolute Gasteiger partial charge is 0.481 e. The summed E-state index contributed by atoms with van der Waals surface area (Å²) in [5.74, 6) is -1.16. The number of piperazine rings is 1. The number of rotatable bonds is 4. The lowest BCUT2D eigenvalue weighted by Gasteiger charge is -2.34. The first-order chi connectivity index (χ1) is 11.9. The van der Waals surface area contributed by atoms with Crippen LogP contribution in [0, 0.1) is 0 Å². The third-order valence-electron chi connectivity index (χ3n) is 4.36. The van der Waals surface area contributed by atoms with E-state index in [0.717, 1.165) is 0 Å². The fourth-order valence-corrected chi connectivity index (χ4v) is 2.86. The van der Waals surface area contributed by atoms with Gasteiger partial charge >= 0.3 is 12.1 Å². The van der Waals surface area contributed by atoms with Crippen LogP contribution in [-0.4, -0.2) is 71.7 Å². The lowest BCUT2D eigenvalue weighted by molar-refractivity contribution is -0.141. The molecule has 1 saturated heterocycles. The number of nitrogens with zero attached hydrogens (tertiary/aromatic N) is 2. The second kappa shape index (κ2) is 11.7. The first-order valence-corrected chi connectivity index (χ1v) is 9.10. The van der Waals surface area contributed by atoms with E-state index >= 15 is 0 Å². The standard InChI is InChI=1S/C11H18N2O5.C6H13N/c1-2-18-11(17)13-7-5-12(6-8-13)9(14)3-4-10(15)16;7-6-4-2-1-3-5-6/h2-8H2,1H3,(H,15,16);6H,1-5,7H2. The average Bonchev–Trinajstić information content (AvgIpc) is 2.61. The Bertz CT molecular complexity index is 430. The van der Waals surface area contributed by atoms with Crippen LogP contribution in [-0.2, 0) is 14.3 Å². The van der Waals surface area contributed by atoms with Gasteiger partial charge in [-0.3, -0.25) is 9.59 Å². The summed E-state index contributed by atoms with van der Waals surface area (Å²) in [6.07, 6.45) is 6.15. The molecule has 0 spiro atoms. The van der Waals surface area contributed by atoms with Crippen LogP contribution in [0.3, 0.4) is 0 Å². The van der Waals surface area contributed by atoms with Crippen molar-refractivity contribution >= 4 is 18.0 Å². The average molecular weight is 357 g/mol. The Labute approximate surface area is 149 Å². The third kappa shape index (κ3) is 8.72. The van der Waals surface area contributed by atoms with Crippen LogP contribution in [0.2, 0.25) is 0 Å². The van der Waals surface area contributed by atoms with Crippen LogP contribution >= 0.6 is 0 Å². The molecular weight excluding hydrogens is 326 g/mol. The molecule has 0 radical (unpaired) electrons. The summed E-state index contributed by atoms with van der Waals surface area (Å²) in [6, 6.07) is 0.536. The molecule has 25 heavy (non-hydrogen) atoms. The Hall–Kier alpha value is -1.83. The summed E-state index contributed by atoms with van der Waals surface area (Å²) in [5.41, 5.74) is 5.63. The number of carboxylic acids is 1. The third-order valence-corrected chi connectivity index (χ3v) is 4.36. The molecule has 0 atom stereocenters. The van der Waals surface area contributed by atoms with E-state index in [4.69, 9.17) is 15.6 Å². The fourth-order valence-electron chi connectivity index (χ4n) is 2.86. The van der Waals surface area contributed by atoms with Crippen molar-refractivity contribution in [3.63, 3.8) is 0 Å². The van der Waals surface area contributed by atoms with E-state index in [1.807, 2.05) is 0 Å². The number of hydrogen-bond acceptors (Lipinski definition) is 5. The summed E-state index contributed by atoms with van der Waals surface area (Å²) in [5, 5.41) is 8.49. The number of aliphatic carboxylic acids is 1. The van der Waals surface area contributed by atoms with Gasteiger partial charge in [-0.25, -0.2) is 4.79 Å². The molecule has 144 valence electrons. The van der Waals surface area contributed by atoms with E-state index in [-0.39, 0.29) is 24.8 Å². The summed E-state index contributed by atoms with van der Waals surface area (Å²) >= 11 is 0. The number of carbonyl (C=O) groups is 3. The van der Waals surface area contributed by atoms with Gasteiger partial charge in [-0.05, 0) is 19.8 Å². The highest BCUT2D eigenvalue weighted by Crippen LogP contribution is 2.14. The summed E-state index contributed by atoms with van der Waals surface area (Å²) < 4.78 is 4.86. The highest BCUT2D eigenvalue weighted by atomic mass is 16.6. The maximum absolute atomic E-state index is 11.6. The minimum absolute atomic E-state index is 0.00867. The minimum atomic E-state index is -0.978. The Balaban J connectivity index is 0.000000370. The minimum Gasteiger partial charge on any atom is -0.481 e. The predicted molar refractivity (Wildman–Crippen MR) is 93.1 cm³/mol. The van der Waals surface area contributed by atoms with E-state index in [0.29, 0.717) is 38.8 Å². The molecule has 0 aromatic carbocycles. The number of ether oxygens (including phenoxy) is 1. The summed E-state index contributed by atoms with van der Waals surface area (Å²) in [6.45, 7) is 3.78. The van der Waals surface area contributed by atoms with Gasteiger partial charge in [0.25, 0.3) is 0 Å². The van der Waals surface area contributed by atoms with Crippen LogP contribution in [0.15, 0.2) is 0 Å². The maximum atomic E-state index is 11.6. The van der Waals surface area contributed by atoms with E-state index < -0.39 is 5.97 Å². The number of nitrogens with two attached hydrogens (primary N) is 1. The zero-order chi connectivity index (χ0) is 18.7. The van der Waals surface area contributed by atoms with Gasteiger partial charge in [0.1, 0.15) is 0 Å². The number of carbonyl (C=O) groups excluding carboxylic acids is 2. The van der Waals surface area contributed by atoms with Crippen molar-refractivity contribution < 1.29 is 24.2 Å². The molecule has 1 aliphatic heterocycles. The molecular formula is C17H31N3O5. The molecule has 0 bridgehead atoms. The molecule has 0 unspecified atom stereocenters. The molecule has 1 aliphatic carbocycles. The van der Waals surface area contributed by atoms with E-state index in [1.54, 1.807) is 16.7 Å². The van der Waals surface area contributed by atoms with Crippen molar-refractivity contribution in [2.75, 3.05) is 32.8 Å². The normalized spacial score (nSPS) is 18.2. The monoisotopic (exact) mass is 357 g/mol. The summed E-state index contributed by atoms with van der Waals surface area (Å²) in [7, 11) is 0. The highest BCUT2D eigenvalue weighted by Gasteiger charge is 2.24. The number of hydrogen-bond donors (Lipinski definition) is 2. The zero-order valence-corrected chi connectivity index (χ0v) is 15.1. The molecule has 0 aromatic heterocycles. The van der Waals surface area contributed by atoms with Gasteiger partial charge < -0.3 is 25.4 Å². The van der Waals surface area contributed by atoms with Crippen molar-refractivity contribution in [1.29, 1.82) is 0 Å². The lowest BCUT2D eigenvalue weighted by atomic mass is 9.97. The van der Waals surface area contributed by atoms with E-state index in [9.17, 15) is 14.4 Å². The second-order valence-corrected chi connectivity index (χ2v) is 6.36. The van der Waals surface area contributed by atoms with Crippen LogP contribution < -0.4 is 5.73 Å². The van der Waals surface area contributed by atoms with Crippen molar-refractivity contribution in [3.8, 4) is 0 Å². The molecule has 8 nitrogen and oxygen atoms in total. The first kappa shape index (κ1) is 21.2. The molecule has 1 heterocycles. The topological polar surface area (TPSA) is 113 Å². The smallest absolute Gasteiger partial charge is 0.409 e. The quantitative estimate of drug-likeness (QED) is 0.787. The molecule has 2 fully saturated rings. The van der Waals surface area contributed by atoms with E-state index in [2.05, 4.69) is 0 Å². The maximum Gasteiger partial charge on any atom is 0.409 e. The zero-order valence-electron chi connectivity index (χ0n) is 15.1. The van der Waals surface area contributed by atoms with Gasteiger partial charge in [-0.15, -0.1) is 0 Å². The van der Waals surface area contributed by atoms with Gasteiger partial charge in [-0.2, -0.15) is 0 Å². The van der Waals surface area contributed by atoms with Crippen molar-refractivity contribution in [2.45, 2.75) is 57.9 Å². The lowest BCUT2D eigenvalue weighted by Crippen LogP contribution is -2.50. The predicted octanol–water partition coefficient (Wildman–Crippen LogP) is 1.43. The van der Waals surface area contributed by atoms with Gasteiger partial charge in [0, 0.05) is 38.6 Å². The summed E-state index contributed by atoms with van der Waals surface area (Å²) in [4.78, 5) is 36.5. The Morgan fingerprint density at radius 2 is 1.56 bits per heavy atom. The van der Waals surface area contributed by atoms with Crippen LogP contribution in [0.5, 0.6) is 0 Å². The van der Waals surface area contributed by atoms with Crippen LogP contribution in [0.1, 0.15) is 51.9 Å². The highest BCUT2D eigenvalue weighted by molar-refractivity contribution is 5.81. The first-order valence-electron chi connectivity index (χ1n) is 9.10. The second-order valence-electron chi connectivity index (χ2n) is 6.36.